The standard InChI is InChI=1S/C17H15N3O4S/c1-11-3-9-15(10-4-11)25(22,23)20-17(21)14-7-5-13(6-8-14)16-18-12(2)24-19-16/h3-10H,1-2H3,(H,20,21). The highest BCUT2D eigenvalue weighted by Crippen LogP contribution is 2.17. The molecule has 3 rings (SSSR count). The number of aromatic nitrogens is 2. The predicted octanol–water partition coefficient (Wildman–Crippen LogP) is 2.47. The van der Waals surface area contributed by atoms with Gasteiger partial charge >= 0.3 is 0 Å². The molecule has 0 bridgehead atoms. The summed E-state index contributed by atoms with van der Waals surface area (Å²) in [7, 11) is -3.92. The largest absolute Gasteiger partial charge is 0.339 e. The van der Waals surface area contributed by atoms with E-state index < -0.39 is 15.9 Å². The van der Waals surface area contributed by atoms with Crippen molar-refractivity contribution in [3.05, 3.63) is 65.5 Å². The van der Waals surface area contributed by atoms with Gasteiger partial charge in [0.15, 0.2) is 0 Å². The molecule has 0 saturated heterocycles. The fourth-order valence-electron chi connectivity index (χ4n) is 2.14. The fourth-order valence-corrected chi connectivity index (χ4v) is 3.12. The number of carbonyl (C=O) groups is 1. The highest BCUT2D eigenvalue weighted by atomic mass is 32.2. The number of nitrogens with zero attached hydrogens (tertiary/aromatic N) is 2. The van der Waals surface area contributed by atoms with Crippen molar-refractivity contribution in [3.8, 4) is 11.4 Å². The Kier molecular flexibility index (Phi) is 4.37. The molecule has 128 valence electrons. The molecule has 1 N–H and O–H groups in total. The van der Waals surface area contributed by atoms with E-state index in [4.69, 9.17) is 4.52 Å². The van der Waals surface area contributed by atoms with Gasteiger partial charge in [-0.2, -0.15) is 4.98 Å². The number of benzene rings is 2. The van der Waals surface area contributed by atoms with Crippen LogP contribution in [-0.2, 0) is 10.0 Å². The minimum atomic E-state index is -3.92. The number of sulfonamides is 1. The van der Waals surface area contributed by atoms with Gasteiger partial charge in [-0.05, 0) is 31.2 Å². The molecule has 1 heterocycles. The summed E-state index contributed by atoms with van der Waals surface area (Å²) >= 11 is 0. The van der Waals surface area contributed by atoms with Gasteiger partial charge < -0.3 is 4.52 Å². The van der Waals surface area contributed by atoms with Gasteiger partial charge in [-0.25, -0.2) is 13.1 Å². The van der Waals surface area contributed by atoms with E-state index >= 15 is 0 Å². The molecule has 1 amide bonds. The van der Waals surface area contributed by atoms with Crippen molar-refractivity contribution in [3.63, 3.8) is 0 Å². The molecule has 0 unspecified atom stereocenters. The Labute approximate surface area is 144 Å². The van der Waals surface area contributed by atoms with Crippen LogP contribution in [0.3, 0.4) is 0 Å². The minimum Gasteiger partial charge on any atom is -0.339 e. The number of amides is 1. The van der Waals surface area contributed by atoms with Crippen molar-refractivity contribution in [2.75, 3.05) is 0 Å². The lowest BCUT2D eigenvalue weighted by Gasteiger charge is -2.07. The second-order valence-electron chi connectivity index (χ2n) is 5.46. The Morgan fingerprint density at radius 1 is 1.00 bits per heavy atom. The van der Waals surface area contributed by atoms with Crippen LogP contribution in [-0.4, -0.2) is 24.5 Å². The van der Waals surface area contributed by atoms with Crippen LogP contribution >= 0.6 is 0 Å². The van der Waals surface area contributed by atoms with E-state index in [9.17, 15) is 13.2 Å². The molecule has 0 saturated carbocycles. The summed E-state index contributed by atoms with van der Waals surface area (Å²) in [4.78, 5) is 16.3. The maximum Gasteiger partial charge on any atom is 0.264 e. The summed E-state index contributed by atoms with van der Waals surface area (Å²) < 4.78 is 31.5. The molecule has 0 radical (unpaired) electrons. The Morgan fingerprint density at radius 2 is 1.64 bits per heavy atom. The molecule has 2 aromatic carbocycles. The Bertz CT molecular complexity index is 1010. The second kappa shape index (κ2) is 6.48. The summed E-state index contributed by atoms with van der Waals surface area (Å²) in [6.07, 6.45) is 0. The van der Waals surface area contributed by atoms with E-state index in [2.05, 4.69) is 14.9 Å². The van der Waals surface area contributed by atoms with Crippen molar-refractivity contribution < 1.29 is 17.7 Å². The number of hydrogen-bond acceptors (Lipinski definition) is 6. The van der Waals surface area contributed by atoms with Crippen LogP contribution in [0.4, 0.5) is 0 Å². The second-order valence-corrected chi connectivity index (χ2v) is 7.14. The van der Waals surface area contributed by atoms with Gasteiger partial charge in [0, 0.05) is 18.1 Å². The summed E-state index contributed by atoms with van der Waals surface area (Å²) in [6.45, 7) is 3.52. The van der Waals surface area contributed by atoms with Gasteiger partial charge in [-0.15, -0.1) is 0 Å². The van der Waals surface area contributed by atoms with Gasteiger partial charge in [0.25, 0.3) is 15.9 Å². The van der Waals surface area contributed by atoms with Gasteiger partial charge in [0.1, 0.15) is 0 Å². The molecule has 7 nitrogen and oxygen atoms in total. The van der Waals surface area contributed by atoms with Crippen LogP contribution < -0.4 is 4.72 Å². The zero-order valence-electron chi connectivity index (χ0n) is 13.6. The molecule has 0 aliphatic carbocycles. The topological polar surface area (TPSA) is 102 Å². The summed E-state index contributed by atoms with van der Waals surface area (Å²) in [5.41, 5.74) is 1.80. The fraction of sp³-hybridized carbons (Fsp3) is 0.118. The molecule has 0 aliphatic heterocycles. The third-order valence-corrected chi connectivity index (χ3v) is 4.84. The first-order valence-electron chi connectivity index (χ1n) is 7.40. The number of nitrogens with one attached hydrogen (secondary N) is 1. The van der Waals surface area contributed by atoms with Crippen molar-refractivity contribution in [1.29, 1.82) is 0 Å². The van der Waals surface area contributed by atoms with Gasteiger partial charge in [0.2, 0.25) is 11.7 Å². The maximum absolute atomic E-state index is 12.3. The molecule has 8 heteroatoms. The summed E-state index contributed by atoms with van der Waals surface area (Å²) in [5, 5.41) is 3.78. The van der Waals surface area contributed by atoms with E-state index in [-0.39, 0.29) is 10.5 Å². The van der Waals surface area contributed by atoms with Crippen LogP contribution in [0.25, 0.3) is 11.4 Å². The van der Waals surface area contributed by atoms with E-state index in [0.29, 0.717) is 17.3 Å². The Balaban J connectivity index is 1.78. The molecule has 25 heavy (non-hydrogen) atoms. The van der Waals surface area contributed by atoms with E-state index in [1.54, 1.807) is 31.2 Å². The van der Waals surface area contributed by atoms with Crippen LogP contribution in [0.15, 0.2) is 57.9 Å². The normalized spacial score (nSPS) is 11.3. The highest BCUT2D eigenvalue weighted by molar-refractivity contribution is 7.90. The molecule has 0 atom stereocenters. The first-order chi connectivity index (χ1) is 11.8. The average molecular weight is 357 g/mol. The number of hydrogen-bond donors (Lipinski definition) is 1. The van der Waals surface area contributed by atoms with Crippen molar-refractivity contribution in [2.24, 2.45) is 0 Å². The lowest BCUT2D eigenvalue weighted by molar-refractivity contribution is 0.0981. The average Bonchev–Trinajstić information content (AvgIpc) is 3.01. The lowest BCUT2D eigenvalue weighted by atomic mass is 10.1. The van der Waals surface area contributed by atoms with Crippen LogP contribution in [0.5, 0.6) is 0 Å². The van der Waals surface area contributed by atoms with Crippen molar-refractivity contribution >= 4 is 15.9 Å². The number of carbonyl (C=O) groups excluding carboxylic acids is 1. The van der Waals surface area contributed by atoms with Gasteiger partial charge in [-0.1, -0.05) is 35.0 Å². The van der Waals surface area contributed by atoms with Gasteiger partial charge in [-0.3, -0.25) is 4.79 Å². The van der Waals surface area contributed by atoms with E-state index in [1.807, 2.05) is 6.92 Å². The number of aryl methyl sites for hydroxylation is 2. The first kappa shape index (κ1) is 16.8. The Morgan fingerprint density at radius 3 is 2.20 bits per heavy atom. The third kappa shape index (κ3) is 3.74. The minimum absolute atomic E-state index is 0.0327. The summed E-state index contributed by atoms with van der Waals surface area (Å²) in [6, 6.07) is 12.5. The maximum atomic E-state index is 12.3. The van der Waals surface area contributed by atoms with Crippen molar-refractivity contribution in [1.82, 2.24) is 14.9 Å². The van der Waals surface area contributed by atoms with E-state index in [1.165, 1.54) is 24.3 Å². The Hall–Kier alpha value is -3.00. The van der Waals surface area contributed by atoms with E-state index in [0.717, 1.165) is 5.56 Å². The first-order valence-corrected chi connectivity index (χ1v) is 8.88. The smallest absolute Gasteiger partial charge is 0.264 e. The molecule has 3 aromatic rings. The SMILES string of the molecule is Cc1ccc(S(=O)(=O)NC(=O)c2ccc(-c3noc(C)n3)cc2)cc1. The molecule has 1 aromatic heterocycles. The quantitative estimate of drug-likeness (QED) is 0.769. The van der Waals surface area contributed by atoms with Crippen LogP contribution in [0.2, 0.25) is 0 Å². The number of rotatable bonds is 4. The molecular weight excluding hydrogens is 342 g/mol. The van der Waals surface area contributed by atoms with Crippen LogP contribution in [0.1, 0.15) is 21.8 Å². The summed E-state index contributed by atoms with van der Waals surface area (Å²) in [5.74, 6) is 0.120. The zero-order chi connectivity index (χ0) is 18.0. The molecular formula is C17H15N3O4S. The molecule has 0 fully saturated rings. The molecule has 0 spiro atoms. The van der Waals surface area contributed by atoms with Gasteiger partial charge in [0.05, 0.1) is 4.90 Å². The van der Waals surface area contributed by atoms with Crippen molar-refractivity contribution in [2.45, 2.75) is 18.7 Å². The monoisotopic (exact) mass is 357 g/mol. The lowest BCUT2D eigenvalue weighted by Crippen LogP contribution is -2.30. The zero-order valence-corrected chi connectivity index (χ0v) is 14.4. The predicted molar refractivity (Wildman–Crippen MR) is 90.3 cm³/mol. The third-order valence-electron chi connectivity index (χ3n) is 3.49. The van der Waals surface area contributed by atoms with Crippen LogP contribution in [0, 0.1) is 13.8 Å². The molecule has 0 aliphatic rings. The highest BCUT2D eigenvalue weighted by Gasteiger charge is 2.18.